The van der Waals surface area contributed by atoms with E-state index in [2.05, 4.69) is 4.74 Å². The van der Waals surface area contributed by atoms with Crippen LogP contribution in [0.2, 0.25) is 0 Å². The third-order valence-electron chi connectivity index (χ3n) is 14.1. The number of carbonyl (C=O) groups excluding carboxylic acids is 1. The largest absolute Gasteiger partial charge is 0.748 e. The van der Waals surface area contributed by atoms with Crippen LogP contribution in [0, 0.1) is 23.3 Å². The van der Waals surface area contributed by atoms with E-state index in [0.29, 0.717) is 34.9 Å². The van der Waals surface area contributed by atoms with Crippen molar-refractivity contribution in [3.8, 4) is 5.75 Å². The van der Waals surface area contributed by atoms with Crippen molar-refractivity contribution in [1.82, 2.24) is 0 Å². The predicted octanol–water partition coefficient (Wildman–Crippen LogP) is 6.84. The number of unbranched alkanes of at least 4 members (excludes halogenated alkanes) is 2. The first-order valence-corrected chi connectivity index (χ1v) is 31.3. The molecule has 20 nitrogen and oxygen atoms in total. The van der Waals surface area contributed by atoms with Crippen molar-refractivity contribution in [2.24, 2.45) is 0 Å². The molecular weight excluding hydrogens is 1160 g/mol. The molecule has 0 aliphatic carbocycles. The van der Waals surface area contributed by atoms with E-state index in [0.717, 1.165) is 12.1 Å². The van der Waals surface area contributed by atoms with Crippen LogP contribution in [0.1, 0.15) is 76.8 Å². The summed E-state index contributed by atoms with van der Waals surface area (Å²) in [4.78, 5) is 10.3. The molecule has 0 bridgehead atoms. The molecule has 432 valence electrons. The van der Waals surface area contributed by atoms with Crippen LogP contribution >= 0.6 is 0 Å². The van der Waals surface area contributed by atoms with Gasteiger partial charge in [-0.3, -0.25) is 4.79 Å². The molecule has 2 heterocycles. The standard InChI is InChI=1S/C51H52F4N2O18S5/c1-5-56-38-18-16-32-34(25-30(77(62,63)64)27-40(32)79(68,69)70)45(38)50(2,20-12-24-76(59,60)61)42(56)13-8-6-9-14-43-51(3,21-23-74-4)46-35-26-31(78(65,66)67)28-41(80(71,72)73)33(35)17-19-39(46)57(43)22-11-7-10-15-44(58)75-49-47(54)36(52)29-37(53)48(49)55/h6,8-9,13-14,16-19,25-29H,5,7,10-12,15,20-24H2,1-4H3,(H4-,59,60,61,62,63,64,65,66,67,68,69,70,71,72,73)/p-4. The average Bonchev–Trinajstić information content (AvgIpc) is 3.55. The van der Waals surface area contributed by atoms with Crippen molar-refractivity contribution in [3.63, 3.8) is 0 Å². The molecule has 2 aliphatic heterocycles. The van der Waals surface area contributed by atoms with Gasteiger partial charge in [0.1, 0.15) is 47.0 Å². The molecule has 0 radical (unpaired) electrons. The second-order valence-corrected chi connectivity index (χ2v) is 26.2. The zero-order valence-electron chi connectivity index (χ0n) is 42.7. The van der Waals surface area contributed by atoms with Crippen LogP contribution in [0.3, 0.4) is 0 Å². The Labute approximate surface area is 458 Å². The number of esters is 1. The maximum absolute atomic E-state index is 14.2. The lowest BCUT2D eigenvalue weighted by molar-refractivity contribution is -0.438. The zero-order chi connectivity index (χ0) is 59.3. The van der Waals surface area contributed by atoms with Crippen molar-refractivity contribution < 1.29 is 101 Å². The van der Waals surface area contributed by atoms with Crippen LogP contribution in [0.4, 0.5) is 28.9 Å². The number of benzene rings is 5. The van der Waals surface area contributed by atoms with E-state index in [1.807, 2.05) is 0 Å². The van der Waals surface area contributed by atoms with E-state index in [1.165, 1.54) is 31.4 Å². The lowest BCUT2D eigenvalue weighted by Crippen LogP contribution is -2.33. The molecule has 0 amide bonds. The summed E-state index contributed by atoms with van der Waals surface area (Å²) < 4.78 is 254. The first-order chi connectivity index (χ1) is 37.1. The number of carbonyl (C=O) groups is 1. The van der Waals surface area contributed by atoms with Crippen LogP contribution in [-0.2, 0) is 71.0 Å². The van der Waals surface area contributed by atoms with Crippen LogP contribution in [0.15, 0.2) is 110 Å². The van der Waals surface area contributed by atoms with Gasteiger partial charge < -0.3 is 37.1 Å². The average molecular weight is 1210 g/mol. The van der Waals surface area contributed by atoms with E-state index >= 15 is 0 Å². The Kier molecular flexibility index (Phi) is 17.5. The number of anilines is 1. The first-order valence-electron chi connectivity index (χ1n) is 24.1. The number of likely N-dealkylation sites (N-methyl/N-ethyl adjacent to an activating group) is 1. The van der Waals surface area contributed by atoms with Gasteiger partial charge in [0.15, 0.2) is 17.3 Å². The molecule has 80 heavy (non-hydrogen) atoms. The highest BCUT2D eigenvalue weighted by Crippen LogP contribution is 2.54. The lowest BCUT2D eigenvalue weighted by Gasteiger charge is -2.30. The number of rotatable bonds is 22. The van der Waals surface area contributed by atoms with E-state index in [9.17, 15) is 87.2 Å². The van der Waals surface area contributed by atoms with Crippen LogP contribution < -0.4 is 9.64 Å². The van der Waals surface area contributed by atoms with E-state index in [1.54, 1.807) is 60.6 Å². The van der Waals surface area contributed by atoms with E-state index in [4.69, 9.17) is 4.74 Å². The predicted molar refractivity (Wildman–Crippen MR) is 274 cm³/mol. The highest BCUT2D eigenvalue weighted by molar-refractivity contribution is 7.87. The molecule has 29 heteroatoms. The second kappa shape index (κ2) is 22.7. The molecule has 0 N–H and O–H groups in total. The summed E-state index contributed by atoms with van der Waals surface area (Å²) in [6.07, 6.45) is 7.53. The Morgan fingerprint density at radius 3 is 1.74 bits per heavy atom. The number of allylic oxidation sites excluding steroid dienone is 6. The smallest absolute Gasteiger partial charge is 0.311 e. The molecule has 0 saturated heterocycles. The van der Waals surface area contributed by atoms with Gasteiger partial charge in [-0.1, -0.05) is 24.3 Å². The van der Waals surface area contributed by atoms with Crippen molar-refractivity contribution in [2.75, 3.05) is 37.5 Å². The Bertz CT molecular complexity index is 4090. The summed E-state index contributed by atoms with van der Waals surface area (Å²) >= 11 is 0. The maximum atomic E-state index is 14.2. The summed E-state index contributed by atoms with van der Waals surface area (Å²) in [7, 11) is -25.0. The van der Waals surface area contributed by atoms with Gasteiger partial charge in [-0.2, -0.15) is 13.4 Å². The summed E-state index contributed by atoms with van der Waals surface area (Å²) in [6, 6.07) is 8.24. The summed E-state index contributed by atoms with van der Waals surface area (Å²) in [5.41, 5.74) is -0.615. The van der Waals surface area contributed by atoms with Gasteiger partial charge in [-0.25, -0.2) is 50.9 Å². The fraction of sp³-hybridized carbons (Fsp3) is 0.333. The number of fused-ring (bicyclic) bond motifs is 6. The Morgan fingerprint density at radius 1 is 0.650 bits per heavy atom. The number of halogens is 4. The topological polar surface area (TPSA) is 328 Å². The normalized spacial score (nSPS) is 18.7. The SMILES string of the molecule is CCN1/C(=C/C=C/C=C/C2=[N+](CCCCCC(=O)Oc3c(F)c(F)cc(F)c3F)c3ccc4c(S(=O)(=O)[O-])cc(S(=O)(=O)[O-])cc4c3C2(C)CCOC)C(C)(CCCS(=O)(=O)[O-])c2c1ccc1c(S(=O)(=O)[O-])cc(S(=O)(=O)[O-])cc21. The fourth-order valence-corrected chi connectivity index (χ4v) is 13.7. The number of hydrogen-bond donors (Lipinski definition) is 0. The molecule has 0 spiro atoms. The molecule has 2 unspecified atom stereocenters. The fourth-order valence-electron chi connectivity index (χ4n) is 10.6. The van der Waals surface area contributed by atoms with Crippen LogP contribution in [0.5, 0.6) is 5.75 Å². The molecule has 5 aromatic carbocycles. The Morgan fingerprint density at radius 2 is 1.21 bits per heavy atom. The molecule has 2 aliphatic rings. The number of hydrogen-bond acceptors (Lipinski definition) is 19. The Balaban J connectivity index is 1.34. The lowest BCUT2D eigenvalue weighted by atomic mass is 9.75. The van der Waals surface area contributed by atoms with Gasteiger partial charge >= 0.3 is 5.97 Å². The third kappa shape index (κ3) is 12.4. The molecule has 2 atom stereocenters. The second-order valence-electron chi connectivity index (χ2n) is 19.2. The van der Waals surface area contributed by atoms with E-state index < -0.39 is 128 Å². The molecule has 0 fully saturated rings. The Hall–Kier alpha value is -5.99. The minimum absolute atomic E-state index is 0.00905. The van der Waals surface area contributed by atoms with Crippen LogP contribution in [0.25, 0.3) is 21.5 Å². The summed E-state index contributed by atoms with van der Waals surface area (Å²) in [5, 5.41) is -0.665. The van der Waals surface area contributed by atoms with Crippen LogP contribution in [-0.4, -0.2) is 114 Å². The van der Waals surface area contributed by atoms with Gasteiger partial charge in [-0.15, -0.1) is 0 Å². The molecule has 5 aromatic rings. The van der Waals surface area contributed by atoms with Gasteiger partial charge in [0.2, 0.25) is 23.1 Å². The van der Waals surface area contributed by atoms with Gasteiger partial charge in [0.05, 0.1) is 35.1 Å². The quantitative estimate of drug-likeness (QED) is 0.00999. The minimum atomic E-state index is -5.43. The van der Waals surface area contributed by atoms with Gasteiger partial charge in [0, 0.05) is 84.8 Å². The molecule has 7 rings (SSSR count). The highest BCUT2D eigenvalue weighted by atomic mass is 32.2. The van der Waals surface area contributed by atoms with Crippen molar-refractivity contribution in [2.45, 2.75) is 96.1 Å². The minimum Gasteiger partial charge on any atom is -0.748 e. The number of methoxy groups -OCH3 is 1. The van der Waals surface area contributed by atoms with Gasteiger partial charge in [-0.05, 0) is 117 Å². The summed E-state index contributed by atoms with van der Waals surface area (Å²) in [6.45, 7) is 5.34. The number of ether oxygens (including phenoxy) is 2. The number of nitrogens with zero attached hydrogens (tertiary/aromatic N) is 2. The van der Waals surface area contributed by atoms with Crippen molar-refractivity contribution in [1.29, 1.82) is 0 Å². The van der Waals surface area contributed by atoms with Gasteiger partial charge in [0.25, 0.3) is 0 Å². The molecular formula is C51H48F4N2O18S5-4. The monoisotopic (exact) mass is 1210 g/mol. The molecule has 0 saturated carbocycles. The molecule has 0 aromatic heterocycles. The summed E-state index contributed by atoms with van der Waals surface area (Å²) in [5.74, 6) is -11.0. The highest BCUT2D eigenvalue weighted by Gasteiger charge is 2.49. The van der Waals surface area contributed by atoms with Crippen molar-refractivity contribution in [3.05, 3.63) is 125 Å². The zero-order valence-corrected chi connectivity index (χ0v) is 46.7. The maximum Gasteiger partial charge on any atom is 0.311 e. The first kappa shape index (κ1) is 61.6. The van der Waals surface area contributed by atoms with Crippen molar-refractivity contribution >= 4 is 95.2 Å². The third-order valence-corrected chi connectivity index (χ3v) is 18.3. The van der Waals surface area contributed by atoms with E-state index in [-0.39, 0.29) is 97.0 Å².